The first-order valence-electron chi connectivity index (χ1n) is 8.85. The zero-order valence-corrected chi connectivity index (χ0v) is 14.5. The number of fused-ring (bicyclic) bond motifs is 1. The maximum atomic E-state index is 4.42. The van der Waals surface area contributed by atoms with Crippen molar-refractivity contribution in [1.29, 1.82) is 0 Å². The van der Waals surface area contributed by atoms with Gasteiger partial charge < -0.3 is 4.57 Å². The van der Waals surface area contributed by atoms with E-state index in [4.69, 9.17) is 0 Å². The third-order valence-corrected chi connectivity index (χ3v) is 4.70. The van der Waals surface area contributed by atoms with Crippen LogP contribution in [0.25, 0.3) is 0 Å². The van der Waals surface area contributed by atoms with Crippen LogP contribution in [0, 0.1) is 0 Å². The summed E-state index contributed by atoms with van der Waals surface area (Å²) in [4.78, 5) is 6.66. The van der Waals surface area contributed by atoms with Crippen LogP contribution >= 0.6 is 0 Å². The molecule has 3 aromatic heterocycles. The fourth-order valence-corrected chi connectivity index (χ4v) is 3.32. The standard InChI is InChI=1S/C18H23N7/c1-2-24-14-16(12-20-24)13-23-7-5-17-21-22-18(25(17)9-8-23)10-15-4-3-6-19-11-15/h3-4,6,11-12,14H,2,5,7-10,13H2,1H3. The molecular formula is C18H23N7. The van der Waals surface area contributed by atoms with Crippen molar-refractivity contribution in [2.75, 3.05) is 13.1 Å². The monoisotopic (exact) mass is 337 g/mol. The summed E-state index contributed by atoms with van der Waals surface area (Å²) in [6.45, 7) is 6.90. The Kier molecular flexibility index (Phi) is 4.56. The van der Waals surface area contributed by atoms with Gasteiger partial charge in [0.2, 0.25) is 0 Å². The third-order valence-electron chi connectivity index (χ3n) is 4.70. The Bertz CT molecular complexity index is 821. The summed E-state index contributed by atoms with van der Waals surface area (Å²) in [7, 11) is 0. The van der Waals surface area contributed by atoms with Crippen LogP contribution in [0.2, 0.25) is 0 Å². The van der Waals surface area contributed by atoms with Gasteiger partial charge >= 0.3 is 0 Å². The Morgan fingerprint density at radius 2 is 2.04 bits per heavy atom. The Labute approximate surface area is 147 Å². The molecule has 4 heterocycles. The average Bonchev–Trinajstić information content (AvgIpc) is 3.19. The zero-order chi connectivity index (χ0) is 17.1. The fourth-order valence-electron chi connectivity index (χ4n) is 3.32. The van der Waals surface area contributed by atoms with Gasteiger partial charge in [-0.15, -0.1) is 10.2 Å². The Hall–Kier alpha value is -2.54. The summed E-state index contributed by atoms with van der Waals surface area (Å²) in [5.41, 5.74) is 2.45. The third kappa shape index (κ3) is 3.61. The molecular weight excluding hydrogens is 314 g/mol. The molecule has 0 saturated heterocycles. The minimum atomic E-state index is 0.782. The molecule has 4 rings (SSSR count). The first-order valence-corrected chi connectivity index (χ1v) is 8.85. The van der Waals surface area contributed by atoms with E-state index in [1.807, 2.05) is 23.1 Å². The van der Waals surface area contributed by atoms with Crippen molar-refractivity contribution in [2.45, 2.75) is 39.4 Å². The van der Waals surface area contributed by atoms with Gasteiger partial charge in [-0.3, -0.25) is 14.6 Å². The average molecular weight is 337 g/mol. The predicted octanol–water partition coefficient (Wildman–Crippen LogP) is 1.54. The van der Waals surface area contributed by atoms with E-state index in [2.05, 4.69) is 48.9 Å². The summed E-state index contributed by atoms with van der Waals surface area (Å²) in [6, 6.07) is 4.05. The molecule has 0 amide bonds. The summed E-state index contributed by atoms with van der Waals surface area (Å²) in [6.07, 6.45) is 9.52. The first-order chi connectivity index (χ1) is 12.3. The molecule has 0 N–H and O–H groups in total. The Balaban J connectivity index is 1.43. The van der Waals surface area contributed by atoms with Gasteiger partial charge in [0, 0.05) is 69.7 Å². The molecule has 3 aromatic rings. The second kappa shape index (κ2) is 7.14. The van der Waals surface area contributed by atoms with Gasteiger partial charge in [-0.2, -0.15) is 5.10 Å². The summed E-state index contributed by atoms with van der Waals surface area (Å²) < 4.78 is 4.26. The molecule has 0 atom stereocenters. The van der Waals surface area contributed by atoms with Gasteiger partial charge in [-0.05, 0) is 18.6 Å². The number of aryl methyl sites for hydroxylation is 1. The molecule has 0 radical (unpaired) electrons. The van der Waals surface area contributed by atoms with Gasteiger partial charge in [0.05, 0.1) is 6.20 Å². The molecule has 0 aliphatic carbocycles. The highest BCUT2D eigenvalue weighted by Gasteiger charge is 2.19. The topological polar surface area (TPSA) is 64.7 Å². The predicted molar refractivity (Wildman–Crippen MR) is 93.9 cm³/mol. The van der Waals surface area contributed by atoms with Crippen LogP contribution in [-0.2, 0) is 32.5 Å². The van der Waals surface area contributed by atoms with Gasteiger partial charge in [-0.25, -0.2) is 0 Å². The minimum Gasteiger partial charge on any atom is -0.313 e. The fraction of sp³-hybridized carbons (Fsp3) is 0.444. The number of hydrogen-bond donors (Lipinski definition) is 0. The molecule has 130 valence electrons. The molecule has 0 aromatic carbocycles. The summed E-state index contributed by atoms with van der Waals surface area (Å²) >= 11 is 0. The highest BCUT2D eigenvalue weighted by atomic mass is 15.3. The first kappa shape index (κ1) is 16.0. The lowest BCUT2D eigenvalue weighted by Gasteiger charge is -2.18. The van der Waals surface area contributed by atoms with Gasteiger partial charge in [0.1, 0.15) is 11.6 Å². The maximum absolute atomic E-state index is 4.42. The molecule has 1 aliphatic rings. The number of rotatable bonds is 5. The summed E-state index contributed by atoms with van der Waals surface area (Å²) in [5, 5.41) is 13.2. The van der Waals surface area contributed by atoms with E-state index in [1.54, 1.807) is 6.20 Å². The number of hydrogen-bond acceptors (Lipinski definition) is 5. The van der Waals surface area contributed by atoms with Crippen LogP contribution in [0.1, 0.15) is 29.7 Å². The minimum absolute atomic E-state index is 0.782. The lowest BCUT2D eigenvalue weighted by molar-refractivity contribution is 0.270. The zero-order valence-electron chi connectivity index (χ0n) is 14.5. The molecule has 0 unspecified atom stereocenters. The van der Waals surface area contributed by atoms with Crippen molar-refractivity contribution in [1.82, 2.24) is 34.4 Å². The van der Waals surface area contributed by atoms with Crippen molar-refractivity contribution >= 4 is 0 Å². The number of pyridine rings is 1. The van der Waals surface area contributed by atoms with Gasteiger partial charge in [0.25, 0.3) is 0 Å². The second-order valence-corrected chi connectivity index (χ2v) is 6.45. The van der Waals surface area contributed by atoms with Crippen molar-refractivity contribution < 1.29 is 0 Å². The highest BCUT2D eigenvalue weighted by Crippen LogP contribution is 2.14. The van der Waals surface area contributed by atoms with Gasteiger partial charge in [0.15, 0.2) is 0 Å². The van der Waals surface area contributed by atoms with E-state index in [0.717, 1.165) is 57.2 Å². The largest absolute Gasteiger partial charge is 0.313 e. The van der Waals surface area contributed by atoms with Crippen LogP contribution < -0.4 is 0 Å². The molecule has 0 bridgehead atoms. The van der Waals surface area contributed by atoms with E-state index in [-0.39, 0.29) is 0 Å². The second-order valence-electron chi connectivity index (χ2n) is 6.45. The Morgan fingerprint density at radius 1 is 1.08 bits per heavy atom. The van der Waals surface area contributed by atoms with Gasteiger partial charge in [-0.1, -0.05) is 6.07 Å². The molecule has 1 aliphatic heterocycles. The van der Waals surface area contributed by atoms with Crippen LogP contribution in [0.4, 0.5) is 0 Å². The van der Waals surface area contributed by atoms with E-state index in [9.17, 15) is 0 Å². The van der Waals surface area contributed by atoms with Crippen LogP contribution in [0.3, 0.4) is 0 Å². The molecule has 7 nitrogen and oxygen atoms in total. The van der Waals surface area contributed by atoms with E-state index < -0.39 is 0 Å². The lowest BCUT2D eigenvalue weighted by atomic mass is 10.2. The van der Waals surface area contributed by atoms with E-state index >= 15 is 0 Å². The summed E-state index contributed by atoms with van der Waals surface area (Å²) in [5.74, 6) is 2.12. The molecule has 0 spiro atoms. The lowest BCUT2D eigenvalue weighted by Crippen LogP contribution is -2.26. The molecule has 0 saturated carbocycles. The van der Waals surface area contributed by atoms with E-state index in [0.29, 0.717) is 0 Å². The molecule has 25 heavy (non-hydrogen) atoms. The normalized spacial score (nSPS) is 15.1. The highest BCUT2D eigenvalue weighted by molar-refractivity contribution is 5.15. The van der Waals surface area contributed by atoms with Crippen molar-refractivity contribution in [3.63, 3.8) is 0 Å². The SMILES string of the molecule is CCn1cc(CN2CCc3nnc(Cc4cccnc4)n3CC2)cn1. The van der Waals surface area contributed by atoms with E-state index in [1.165, 1.54) is 11.1 Å². The smallest absolute Gasteiger partial charge is 0.137 e. The molecule has 0 fully saturated rings. The molecule has 7 heteroatoms. The quantitative estimate of drug-likeness (QED) is 0.707. The number of nitrogens with zero attached hydrogens (tertiary/aromatic N) is 7. The van der Waals surface area contributed by atoms with Crippen molar-refractivity contribution in [3.05, 3.63) is 59.7 Å². The maximum Gasteiger partial charge on any atom is 0.137 e. The number of aromatic nitrogens is 6. The van der Waals surface area contributed by atoms with Crippen molar-refractivity contribution in [2.24, 2.45) is 0 Å². The van der Waals surface area contributed by atoms with Crippen LogP contribution in [-0.4, -0.2) is 47.5 Å². The van der Waals surface area contributed by atoms with Crippen LogP contribution in [0.5, 0.6) is 0 Å². The van der Waals surface area contributed by atoms with Crippen molar-refractivity contribution in [3.8, 4) is 0 Å². The van der Waals surface area contributed by atoms with Crippen LogP contribution in [0.15, 0.2) is 36.9 Å². The Morgan fingerprint density at radius 3 is 2.84 bits per heavy atom.